The average Bonchev–Trinajstić information content (AvgIpc) is 2.96. The summed E-state index contributed by atoms with van der Waals surface area (Å²) in [4.78, 5) is 0. The molecular formula is C16H12Cl2N4O3S. The number of ether oxygens (including phenoxy) is 1. The van der Waals surface area contributed by atoms with Crippen molar-refractivity contribution in [3.63, 3.8) is 0 Å². The molecule has 26 heavy (non-hydrogen) atoms. The summed E-state index contributed by atoms with van der Waals surface area (Å²) in [5.74, 6) is -0.174. The fourth-order valence-corrected chi connectivity index (χ4v) is 2.88. The highest BCUT2D eigenvalue weighted by molar-refractivity contribution is 7.71. The topological polar surface area (TPSA) is 95.7 Å². The number of H-pyrrole nitrogens is 1. The largest absolute Gasteiger partial charge is 0.504 e. The van der Waals surface area contributed by atoms with Gasteiger partial charge in [0.1, 0.15) is 0 Å². The molecule has 0 aliphatic carbocycles. The van der Waals surface area contributed by atoms with Crippen LogP contribution in [0.5, 0.6) is 17.2 Å². The summed E-state index contributed by atoms with van der Waals surface area (Å²) in [6.07, 6.45) is 1.43. The van der Waals surface area contributed by atoms with Crippen molar-refractivity contribution in [3.05, 3.63) is 50.7 Å². The Hall–Kier alpha value is -2.55. The molecule has 3 rings (SSSR count). The zero-order chi connectivity index (χ0) is 18.8. The number of benzene rings is 2. The van der Waals surface area contributed by atoms with E-state index in [1.54, 1.807) is 18.2 Å². The molecule has 0 unspecified atom stereocenters. The van der Waals surface area contributed by atoms with E-state index < -0.39 is 0 Å². The molecule has 0 amide bonds. The lowest BCUT2D eigenvalue weighted by Gasteiger charge is -2.06. The summed E-state index contributed by atoms with van der Waals surface area (Å²) in [6, 6.07) is 7.82. The molecule has 0 bridgehead atoms. The normalized spacial score (nSPS) is 11.2. The van der Waals surface area contributed by atoms with Crippen LogP contribution in [-0.2, 0) is 0 Å². The fraction of sp³-hybridized carbons (Fsp3) is 0.0625. The van der Waals surface area contributed by atoms with E-state index in [0.717, 1.165) is 0 Å². The Morgan fingerprint density at radius 2 is 2.04 bits per heavy atom. The van der Waals surface area contributed by atoms with Gasteiger partial charge in [-0.05, 0) is 42.5 Å². The number of methoxy groups -OCH3 is 1. The van der Waals surface area contributed by atoms with Gasteiger partial charge >= 0.3 is 0 Å². The van der Waals surface area contributed by atoms with Crippen LogP contribution in [0.2, 0.25) is 10.0 Å². The number of aromatic amines is 1. The molecule has 0 saturated heterocycles. The summed E-state index contributed by atoms with van der Waals surface area (Å²) in [5, 5.41) is 31.4. The highest BCUT2D eigenvalue weighted by atomic mass is 35.5. The van der Waals surface area contributed by atoms with Crippen LogP contribution in [-0.4, -0.2) is 38.4 Å². The maximum absolute atomic E-state index is 9.75. The van der Waals surface area contributed by atoms with E-state index in [1.807, 2.05) is 0 Å². The Morgan fingerprint density at radius 3 is 2.73 bits per heavy atom. The van der Waals surface area contributed by atoms with Gasteiger partial charge in [0, 0.05) is 16.1 Å². The third-order valence-electron chi connectivity index (χ3n) is 3.44. The molecule has 1 aromatic heterocycles. The van der Waals surface area contributed by atoms with Crippen molar-refractivity contribution in [2.45, 2.75) is 0 Å². The maximum Gasteiger partial charge on any atom is 0.216 e. The molecule has 2 aromatic carbocycles. The number of rotatable bonds is 4. The molecular weight excluding hydrogens is 399 g/mol. The van der Waals surface area contributed by atoms with E-state index in [9.17, 15) is 10.2 Å². The minimum atomic E-state index is -0.349. The van der Waals surface area contributed by atoms with Crippen LogP contribution in [0.15, 0.2) is 35.4 Å². The van der Waals surface area contributed by atoms with Crippen LogP contribution in [0.1, 0.15) is 5.56 Å². The Kier molecular flexibility index (Phi) is 5.17. The van der Waals surface area contributed by atoms with Gasteiger partial charge in [0.2, 0.25) is 10.5 Å². The third-order valence-corrected chi connectivity index (χ3v) is 4.25. The molecule has 7 nitrogen and oxygen atoms in total. The van der Waals surface area contributed by atoms with Crippen LogP contribution >= 0.6 is 35.4 Å². The van der Waals surface area contributed by atoms with E-state index in [2.05, 4.69) is 15.3 Å². The van der Waals surface area contributed by atoms with Crippen LogP contribution in [0.25, 0.3) is 11.4 Å². The van der Waals surface area contributed by atoms with E-state index in [4.69, 9.17) is 40.2 Å². The first-order valence-corrected chi connectivity index (χ1v) is 8.34. The van der Waals surface area contributed by atoms with Crippen LogP contribution in [0.4, 0.5) is 0 Å². The van der Waals surface area contributed by atoms with Crippen molar-refractivity contribution in [2.75, 3.05) is 7.11 Å². The van der Waals surface area contributed by atoms with E-state index >= 15 is 0 Å². The van der Waals surface area contributed by atoms with E-state index in [1.165, 1.54) is 30.1 Å². The Morgan fingerprint density at radius 1 is 1.27 bits per heavy atom. The number of phenolic OH excluding ortho intramolecular Hbond substituents is 2. The van der Waals surface area contributed by atoms with Crippen molar-refractivity contribution >= 4 is 41.6 Å². The predicted octanol–water partition coefficient (Wildman–Crippen LogP) is 4.22. The zero-order valence-electron chi connectivity index (χ0n) is 13.3. The van der Waals surface area contributed by atoms with Gasteiger partial charge < -0.3 is 14.9 Å². The third kappa shape index (κ3) is 3.52. The summed E-state index contributed by atoms with van der Waals surface area (Å²) >= 11 is 17.3. The van der Waals surface area contributed by atoms with Gasteiger partial charge in [-0.25, -0.2) is 5.10 Å². The smallest absolute Gasteiger partial charge is 0.216 e. The lowest BCUT2D eigenvalue weighted by molar-refractivity contribution is 0.351. The molecule has 0 aliphatic rings. The Bertz CT molecular complexity index is 1060. The number of nitrogens with one attached hydrogen (secondary N) is 1. The number of aromatic nitrogens is 3. The molecule has 0 atom stereocenters. The van der Waals surface area contributed by atoms with E-state index in [-0.39, 0.29) is 22.0 Å². The monoisotopic (exact) mass is 410 g/mol. The molecule has 3 aromatic rings. The maximum atomic E-state index is 9.75. The Labute approximate surface area is 163 Å². The number of phenols is 2. The van der Waals surface area contributed by atoms with Gasteiger partial charge in [-0.1, -0.05) is 23.2 Å². The lowest BCUT2D eigenvalue weighted by atomic mass is 10.2. The van der Waals surface area contributed by atoms with Gasteiger partial charge in [0.15, 0.2) is 17.3 Å². The molecule has 10 heteroatoms. The first-order chi connectivity index (χ1) is 12.4. The number of halogens is 2. The zero-order valence-corrected chi connectivity index (χ0v) is 15.6. The quantitative estimate of drug-likeness (QED) is 0.340. The van der Waals surface area contributed by atoms with Crippen molar-refractivity contribution in [1.82, 2.24) is 14.9 Å². The molecule has 0 saturated carbocycles. The first kappa shape index (κ1) is 18.2. The molecule has 3 N–H and O–H groups in total. The van der Waals surface area contributed by atoms with Crippen LogP contribution < -0.4 is 4.74 Å². The lowest BCUT2D eigenvalue weighted by Crippen LogP contribution is -1.96. The van der Waals surface area contributed by atoms with E-state index in [0.29, 0.717) is 27.0 Å². The van der Waals surface area contributed by atoms with Crippen LogP contribution in [0, 0.1) is 4.77 Å². The first-order valence-electron chi connectivity index (χ1n) is 7.18. The second kappa shape index (κ2) is 7.36. The molecule has 134 valence electrons. The molecule has 1 heterocycles. The van der Waals surface area contributed by atoms with Crippen molar-refractivity contribution in [2.24, 2.45) is 5.10 Å². The summed E-state index contributed by atoms with van der Waals surface area (Å²) in [7, 11) is 1.38. The number of hydrogen-bond acceptors (Lipinski definition) is 6. The van der Waals surface area contributed by atoms with Gasteiger partial charge in [0.05, 0.1) is 18.3 Å². The summed E-state index contributed by atoms with van der Waals surface area (Å²) in [5.41, 5.74) is 1.07. The molecule has 0 aliphatic heterocycles. The fourth-order valence-electron chi connectivity index (χ4n) is 2.21. The van der Waals surface area contributed by atoms with Gasteiger partial charge in [-0.3, -0.25) is 0 Å². The molecule has 0 radical (unpaired) electrons. The standard InChI is InChI=1S/C16H12Cl2N4O3S/c1-25-13-5-8(4-12(23)14(13)24)7-19-22-15(20-21-16(22)26)10-3-2-9(17)6-11(10)18/h2-7,23-24H,1H3,(H,21,26)/b19-7-. The average molecular weight is 411 g/mol. The van der Waals surface area contributed by atoms with Crippen molar-refractivity contribution in [3.8, 4) is 28.6 Å². The molecule has 0 fully saturated rings. The summed E-state index contributed by atoms with van der Waals surface area (Å²) in [6.45, 7) is 0. The second-order valence-electron chi connectivity index (χ2n) is 5.12. The molecule has 0 spiro atoms. The van der Waals surface area contributed by atoms with Gasteiger partial charge in [-0.15, -0.1) is 0 Å². The number of hydrogen-bond donors (Lipinski definition) is 3. The SMILES string of the molecule is COc1cc(/C=N\n2c(-c3ccc(Cl)cc3Cl)n[nH]c2=S)cc(O)c1O. The van der Waals surface area contributed by atoms with Crippen molar-refractivity contribution < 1.29 is 14.9 Å². The van der Waals surface area contributed by atoms with Gasteiger partial charge in [-0.2, -0.15) is 14.9 Å². The number of aromatic hydroxyl groups is 2. The predicted molar refractivity (Wildman–Crippen MR) is 102 cm³/mol. The number of nitrogens with zero attached hydrogens (tertiary/aromatic N) is 3. The van der Waals surface area contributed by atoms with Crippen LogP contribution in [0.3, 0.4) is 0 Å². The van der Waals surface area contributed by atoms with Gasteiger partial charge in [0.25, 0.3) is 0 Å². The Balaban J connectivity index is 2.04. The highest BCUT2D eigenvalue weighted by Crippen LogP contribution is 2.36. The minimum Gasteiger partial charge on any atom is -0.504 e. The minimum absolute atomic E-state index is 0.114. The highest BCUT2D eigenvalue weighted by Gasteiger charge is 2.13. The summed E-state index contributed by atoms with van der Waals surface area (Å²) < 4.78 is 6.62. The second-order valence-corrected chi connectivity index (χ2v) is 6.35. The van der Waals surface area contributed by atoms with Crippen molar-refractivity contribution in [1.29, 1.82) is 0 Å².